The van der Waals surface area contributed by atoms with Crippen LogP contribution in [0.3, 0.4) is 0 Å². The Kier molecular flexibility index (Phi) is 4.20. The molecule has 0 aromatic carbocycles. The number of rotatable bonds is 4. The summed E-state index contributed by atoms with van der Waals surface area (Å²) in [6.45, 7) is 8.22. The van der Waals surface area contributed by atoms with E-state index in [-0.39, 0.29) is 0 Å². The van der Waals surface area contributed by atoms with Crippen molar-refractivity contribution >= 4 is 0 Å². The molecule has 1 aromatic heterocycles. The van der Waals surface area contributed by atoms with Crippen LogP contribution in [0.2, 0.25) is 0 Å². The van der Waals surface area contributed by atoms with Gasteiger partial charge in [-0.3, -0.25) is 4.90 Å². The highest BCUT2D eigenvalue weighted by atomic mass is 16.5. The lowest BCUT2D eigenvalue weighted by Crippen LogP contribution is -2.44. The standard InChI is InChI=1S/C13H22N2O2/c1-3-12-9-16-5-4-15(12)8-13-6-11(7-14)10(2)17-13/h6,12H,3-5,7-9,14H2,1-2H3. The summed E-state index contributed by atoms with van der Waals surface area (Å²) in [6, 6.07) is 2.59. The van der Waals surface area contributed by atoms with E-state index in [2.05, 4.69) is 17.9 Å². The van der Waals surface area contributed by atoms with Crippen LogP contribution < -0.4 is 5.73 Å². The Morgan fingerprint density at radius 1 is 1.53 bits per heavy atom. The molecule has 96 valence electrons. The highest BCUT2D eigenvalue weighted by Crippen LogP contribution is 2.19. The fourth-order valence-electron chi connectivity index (χ4n) is 2.34. The van der Waals surface area contributed by atoms with Crippen LogP contribution in [-0.2, 0) is 17.8 Å². The number of nitrogens with zero attached hydrogens (tertiary/aromatic N) is 1. The van der Waals surface area contributed by atoms with E-state index in [1.54, 1.807) is 0 Å². The van der Waals surface area contributed by atoms with Crippen molar-refractivity contribution in [3.63, 3.8) is 0 Å². The highest BCUT2D eigenvalue weighted by Gasteiger charge is 2.22. The smallest absolute Gasteiger partial charge is 0.118 e. The predicted octanol–water partition coefficient (Wildman–Crippen LogP) is 1.66. The summed E-state index contributed by atoms with van der Waals surface area (Å²) >= 11 is 0. The van der Waals surface area contributed by atoms with E-state index >= 15 is 0 Å². The number of aryl methyl sites for hydroxylation is 1. The molecular formula is C13H22N2O2. The minimum atomic E-state index is 0.510. The summed E-state index contributed by atoms with van der Waals surface area (Å²) in [5.74, 6) is 1.96. The van der Waals surface area contributed by atoms with Gasteiger partial charge >= 0.3 is 0 Å². The molecule has 1 atom stereocenters. The molecule has 2 heterocycles. The van der Waals surface area contributed by atoms with Crippen molar-refractivity contribution in [1.29, 1.82) is 0 Å². The van der Waals surface area contributed by atoms with Crippen LogP contribution in [0.5, 0.6) is 0 Å². The Balaban J connectivity index is 2.03. The number of ether oxygens (including phenoxy) is 1. The second-order valence-corrected chi connectivity index (χ2v) is 4.61. The maximum absolute atomic E-state index is 5.74. The first-order valence-corrected chi connectivity index (χ1v) is 6.34. The van der Waals surface area contributed by atoms with Crippen LogP contribution in [-0.4, -0.2) is 30.7 Å². The maximum atomic E-state index is 5.74. The molecule has 4 nitrogen and oxygen atoms in total. The topological polar surface area (TPSA) is 51.6 Å². The van der Waals surface area contributed by atoms with Gasteiger partial charge in [-0.2, -0.15) is 0 Å². The van der Waals surface area contributed by atoms with Crippen LogP contribution in [0.25, 0.3) is 0 Å². The van der Waals surface area contributed by atoms with E-state index in [1.165, 1.54) is 0 Å². The quantitative estimate of drug-likeness (QED) is 0.866. The SMILES string of the molecule is CCC1COCCN1Cc1cc(CN)c(C)o1. The Morgan fingerprint density at radius 3 is 3.00 bits per heavy atom. The molecule has 0 bridgehead atoms. The summed E-state index contributed by atoms with van der Waals surface area (Å²) in [5, 5.41) is 0. The first kappa shape index (κ1) is 12.6. The average Bonchev–Trinajstić information content (AvgIpc) is 2.70. The highest BCUT2D eigenvalue weighted by molar-refractivity contribution is 5.20. The van der Waals surface area contributed by atoms with Gasteiger partial charge in [0.05, 0.1) is 19.8 Å². The molecule has 1 aliphatic rings. The summed E-state index contributed by atoms with van der Waals surface area (Å²) in [5.41, 5.74) is 6.77. The third-order valence-corrected chi connectivity index (χ3v) is 3.47. The first-order valence-electron chi connectivity index (χ1n) is 6.34. The van der Waals surface area contributed by atoms with Gasteiger partial charge in [0.15, 0.2) is 0 Å². The summed E-state index contributed by atoms with van der Waals surface area (Å²) < 4.78 is 11.2. The predicted molar refractivity (Wildman–Crippen MR) is 66.6 cm³/mol. The monoisotopic (exact) mass is 238 g/mol. The summed E-state index contributed by atoms with van der Waals surface area (Å²) in [6.07, 6.45) is 1.11. The van der Waals surface area contributed by atoms with Crippen molar-refractivity contribution in [2.45, 2.75) is 39.4 Å². The van der Waals surface area contributed by atoms with E-state index in [9.17, 15) is 0 Å². The molecule has 0 saturated carbocycles. The van der Waals surface area contributed by atoms with Gasteiger partial charge in [-0.25, -0.2) is 0 Å². The molecule has 1 fully saturated rings. The van der Waals surface area contributed by atoms with Gasteiger partial charge in [0.25, 0.3) is 0 Å². The van der Waals surface area contributed by atoms with E-state index in [1.807, 2.05) is 6.92 Å². The lowest BCUT2D eigenvalue weighted by Gasteiger charge is -2.34. The molecule has 1 aliphatic heterocycles. The molecule has 0 radical (unpaired) electrons. The van der Waals surface area contributed by atoms with Gasteiger partial charge in [0.2, 0.25) is 0 Å². The number of nitrogens with two attached hydrogens (primary N) is 1. The molecule has 2 N–H and O–H groups in total. The molecule has 4 heteroatoms. The van der Waals surface area contributed by atoms with Crippen molar-refractivity contribution in [2.75, 3.05) is 19.8 Å². The Labute approximate surface area is 103 Å². The van der Waals surface area contributed by atoms with Crippen LogP contribution in [0.4, 0.5) is 0 Å². The summed E-state index contributed by atoms with van der Waals surface area (Å²) in [7, 11) is 0. The van der Waals surface area contributed by atoms with Crippen LogP contribution in [0.15, 0.2) is 10.5 Å². The molecule has 1 saturated heterocycles. The minimum Gasteiger partial charge on any atom is -0.465 e. The van der Waals surface area contributed by atoms with E-state index < -0.39 is 0 Å². The average molecular weight is 238 g/mol. The third kappa shape index (κ3) is 2.89. The van der Waals surface area contributed by atoms with Crippen molar-refractivity contribution in [2.24, 2.45) is 5.73 Å². The lowest BCUT2D eigenvalue weighted by molar-refractivity contribution is -0.0154. The Hall–Kier alpha value is -0.840. The second kappa shape index (κ2) is 5.67. The van der Waals surface area contributed by atoms with Gasteiger partial charge in [0.1, 0.15) is 11.5 Å². The molecule has 1 unspecified atom stereocenters. The largest absolute Gasteiger partial charge is 0.465 e. The van der Waals surface area contributed by atoms with Crippen molar-refractivity contribution in [3.05, 3.63) is 23.2 Å². The van der Waals surface area contributed by atoms with Crippen molar-refractivity contribution in [3.8, 4) is 0 Å². The zero-order chi connectivity index (χ0) is 12.3. The second-order valence-electron chi connectivity index (χ2n) is 4.61. The fourth-order valence-corrected chi connectivity index (χ4v) is 2.34. The third-order valence-electron chi connectivity index (χ3n) is 3.47. The normalized spacial score (nSPS) is 21.9. The zero-order valence-electron chi connectivity index (χ0n) is 10.7. The minimum absolute atomic E-state index is 0.510. The van der Waals surface area contributed by atoms with E-state index in [4.69, 9.17) is 14.9 Å². The zero-order valence-corrected chi connectivity index (χ0v) is 10.7. The fraction of sp³-hybridized carbons (Fsp3) is 0.692. The van der Waals surface area contributed by atoms with Gasteiger partial charge in [-0.15, -0.1) is 0 Å². The van der Waals surface area contributed by atoms with Gasteiger partial charge < -0.3 is 14.9 Å². The lowest BCUT2D eigenvalue weighted by atomic mass is 10.1. The molecule has 2 rings (SSSR count). The molecular weight excluding hydrogens is 216 g/mol. The van der Waals surface area contributed by atoms with Crippen LogP contribution in [0, 0.1) is 6.92 Å². The van der Waals surface area contributed by atoms with Crippen molar-refractivity contribution < 1.29 is 9.15 Å². The number of morpholine rings is 1. The van der Waals surface area contributed by atoms with Gasteiger partial charge in [-0.05, 0) is 19.4 Å². The van der Waals surface area contributed by atoms with Crippen LogP contribution in [0.1, 0.15) is 30.4 Å². The number of hydrogen-bond acceptors (Lipinski definition) is 4. The summed E-state index contributed by atoms with van der Waals surface area (Å²) in [4.78, 5) is 2.43. The Bertz CT molecular complexity index is 362. The molecule has 0 spiro atoms. The van der Waals surface area contributed by atoms with E-state index in [0.717, 1.165) is 49.8 Å². The van der Waals surface area contributed by atoms with Gasteiger partial charge in [-0.1, -0.05) is 6.92 Å². The molecule has 0 aliphatic carbocycles. The Morgan fingerprint density at radius 2 is 2.35 bits per heavy atom. The van der Waals surface area contributed by atoms with E-state index in [0.29, 0.717) is 12.6 Å². The molecule has 1 aromatic rings. The number of hydrogen-bond donors (Lipinski definition) is 1. The first-order chi connectivity index (χ1) is 8.24. The maximum Gasteiger partial charge on any atom is 0.118 e. The van der Waals surface area contributed by atoms with Gasteiger partial charge in [0, 0.05) is 24.7 Å². The number of furan rings is 1. The van der Waals surface area contributed by atoms with Crippen molar-refractivity contribution in [1.82, 2.24) is 4.90 Å². The van der Waals surface area contributed by atoms with Crippen LogP contribution >= 0.6 is 0 Å². The molecule has 0 amide bonds. The molecule has 17 heavy (non-hydrogen) atoms.